The molecule has 0 aliphatic heterocycles. The van der Waals surface area contributed by atoms with Gasteiger partial charge in [0.15, 0.2) is 11.0 Å². The van der Waals surface area contributed by atoms with E-state index < -0.39 is 0 Å². The van der Waals surface area contributed by atoms with Gasteiger partial charge in [-0.15, -0.1) is 10.2 Å². The number of hydrogen-bond donors (Lipinski definition) is 2. The molecule has 7 nitrogen and oxygen atoms in total. The van der Waals surface area contributed by atoms with Crippen LogP contribution in [0.4, 0.5) is 5.69 Å². The van der Waals surface area contributed by atoms with E-state index >= 15 is 0 Å². The first-order valence-electron chi connectivity index (χ1n) is 9.83. The lowest BCUT2D eigenvalue weighted by molar-refractivity contribution is -0.113. The van der Waals surface area contributed by atoms with Crippen LogP contribution in [0.3, 0.4) is 0 Å². The van der Waals surface area contributed by atoms with Crippen molar-refractivity contribution in [2.24, 2.45) is 0 Å². The number of hydrogen-bond acceptors (Lipinski definition) is 5. The highest BCUT2D eigenvalue weighted by atomic mass is 79.9. The van der Waals surface area contributed by atoms with Gasteiger partial charge in [-0.25, -0.2) is 0 Å². The lowest BCUT2D eigenvalue weighted by atomic mass is 10.1. The smallest absolute Gasteiger partial charge is 0.252 e. The Bertz CT molecular complexity index is 1100. The zero-order valence-electron chi connectivity index (χ0n) is 17.6. The molecule has 3 rings (SSSR count). The monoisotopic (exact) mass is 501 g/mol. The Morgan fingerprint density at radius 3 is 2.61 bits per heavy atom. The molecule has 0 saturated carbocycles. The number of halogens is 1. The predicted octanol–water partition coefficient (Wildman–Crippen LogP) is 4.34. The standard InChI is InChI=1S/C22H24BrN5O2S/c1-4-28-19(12-24-21(30)16-7-5-6-8-17(16)23)26-27-22(28)31-13-20(29)25-18-10-9-14(2)11-15(18)3/h5-11H,4,12-13H2,1-3H3,(H,24,30)(H,25,29). The molecule has 31 heavy (non-hydrogen) atoms. The Hall–Kier alpha value is -2.65. The number of anilines is 1. The first-order chi connectivity index (χ1) is 14.9. The third-order valence-corrected chi connectivity index (χ3v) is 6.28. The van der Waals surface area contributed by atoms with Crippen LogP contribution in [0.25, 0.3) is 0 Å². The fourth-order valence-corrected chi connectivity index (χ4v) is 4.33. The summed E-state index contributed by atoms with van der Waals surface area (Å²) >= 11 is 4.70. The van der Waals surface area contributed by atoms with Crippen molar-refractivity contribution in [3.63, 3.8) is 0 Å². The van der Waals surface area contributed by atoms with E-state index in [9.17, 15) is 9.59 Å². The molecule has 162 valence electrons. The average molecular weight is 502 g/mol. The second-order valence-corrected chi connectivity index (χ2v) is 8.76. The fourth-order valence-electron chi connectivity index (χ4n) is 3.04. The summed E-state index contributed by atoms with van der Waals surface area (Å²) in [5, 5.41) is 14.8. The quantitative estimate of drug-likeness (QED) is 0.448. The van der Waals surface area contributed by atoms with Gasteiger partial charge in [-0.1, -0.05) is 41.6 Å². The van der Waals surface area contributed by atoms with E-state index in [-0.39, 0.29) is 24.1 Å². The Morgan fingerprint density at radius 1 is 1.13 bits per heavy atom. The molecule has 0 radical (unpaired) electrons. The molecule has 0 spiro atoms. The first kappa shape index (κ1) is 23.0. The maximum atomic E-state index is 12.4. The third-order valence-electron chi connectivity index (χ3n) is 4.62. The molecule has 2 aromatic carbocycles. The van der Waals surface area contributed by atoms with E-state index in [0.29, 0.717) is 23.1 Å². The van der Waals surface area contributed by atoms with Gasteiger partial charge < -0.3 is 15.2 Å². The average Bonchev–Trinajstić information content (AvgIpc) is 3.14. The lowest BCUT2D eigenvalue weighted by Gasteiger charge is -2.10. The number of aromatic nitrogens is 3. The van der Waals surface area contributed by atoms with E-state index in [0.717, 1.165) is 21.3 Å². The van der Waals surface area contributed by atoms with Crippen molar-refractivity contribution < 1.29 is 9.59 Å². The Kier molecular flexibility index (Phi) is 7.86. The van der Waals surface area contributed by atoms with E-state index in [1.54, 1.807) is 6.07 Å². The minimum atomic E-state index is -0.194. The Morgan fingerprint density at radius 2 is 1.90 bits per heavy atom. The van der Waals surface area contributed by atoms with Crippen LogP contribution >= 0.6 is 27.7 Å². The number of thioether (sulfide) groups is 1. The Balaban J connectivity index is 1.58. The van der Waals surface area contributed by atoms with Gasteiger partial charge in [0.05, 0.1) is 17.9 Å². The number of rotatable bonds is 8. The van der Waals surface area contributed by atoms with E-state index in [1.165, 1.54) is 11.8 Å². The van der Waals surface area contributed by atoms with Crippen LogP contribution in [0.5, 0.6) is 0 Å². The van der Waals surface area contributed by atoms with Crippen LogP contribution < -0.4 is 10.6 Å². The molecule has 2 amide bonds. The van der Waals surface area contributed by atoms with E-state index in [1.807, 2.05) is 61.7 Å². The fraction of sp³-hybridized carbons (Fsp3) is 0.273. The highest BCUT2D eigenvalue weighted by Crippen LogP contribution is 2.20. The molecule has 1 aromatic heterocycles. The van der Waals surface area contributed by atoms with Gasteiger partial charge in [-0.2, -0.15) is 0 Å². The van der Waals surface area contributed by atoms with Gasteiger partial charge in [0, 0.05) is 16.7 Å². The summed E-state index contributed by atoms with van der Waals surface area (Å²) in [6.45, 7) is 6.84. The van der Waals surface area contributed by atoms with Gasteiger partial charge >= 0.3 is 0 Å². The highest BCUT2D eigenvalue weighted by Gasteiger charge is 2.15. The van der Waals surface area contributed by atoms with Crippen molar-refractivity contribution in [3.8, 4) is 0 Å². The van der Waals surface area contributed by atoms with E-state index in [2.05, 4.69) is 36.8 Å². The van der Waals surface area contributed by atoms with Crippen molar-refractivity contribution in [1.82, 2.24) is 20.1 Å². The maximum absolute atomic E-state index is 12.4. The van der Waals surface area contributed by atoms with Crippen LogP contribution in [0.2, 0.25) is 0 Å². The molecule has 9 heteroatoms. The molecule has 0 fully saturated rings. The summed E-state index contributed by atoms with van der Waals surface area (Å²) < 4.78 is 2.63. The normalized spacial score (nSPS) is 10.7. The van der Waals surface area contributed by atoms with Crippen LogP contribution in [-0.4, -0.2) is 32.3 Å². The number of carbonyl (C=O) groups excluding carboxylic acids is 2. The topological polar surface area (TPSA) is 88.9 Å². The molecular formula is C22H24BrN5O2S. The largest absolute Gasteiger partial charge is 0.345 e. The van der Waals surface area contributed by atoms with Crippen LogP contribution in [0.15, 0.2) is 52.1 Å². The third kappa shape index (κ3) is 5.95. The Labute approximate surface area is 194 Å². The van der Waals surface area contributed by atoms with Gasteiger partial charge in [-0.3, -0.25) is 9.59 Å². The number of benzene rings is 2. The second-order valence-electron chi connectivity index (χ2n) is 6.96. The summed E-state index contributed by atoms with van der Waals surface area (Å²) in [5.41, 5.74) is 3.55. The zero-order valence-corrected chi connectivity index (χ0v) is 20.0. The minimum absolute atomic E-state index is 0.105. The van der Waals surface area contributed by atoms with Crippen LogP contribution in [-0.2, 0) is 17.9 Å². The molecule has 0 unspecified atom stereocenters. The SMILES string of the molecule is CCn1c(CNC(=O)c2ccccc2Br)nnc1SCC(=O)Nc1ccc(C)cc1C. The number of nitrogens with one attached hydrogen (secondary N) is 2. The van der Waals surface area contributed by atoms with Crippen LogP contribution in [0, 0.1) is 13.8 Å². The summed E-state index contributed by atoms with van der Waals surface area (Å²) in [5.74, 6) is 0.557. The van der Waals surface area contributed by atoms with Crippen LogP contribution in [0.1, 0.15) is 34.2 Å². The van der Waals surface area contributed by atoms with Gasteiger partial charge in [0.1, 0.15) is 0 Å². The molecule has 3 aromatic rings. The molecule has 2 N–H and O–H groups in total. The number of amides is 2. The summed E-state index contributed by atoms with van der Waals surface area (Å²) in [6, 6.07) is 13.2. The molecule has 0 atom stereocenters. The zero-order chi connectivity index (χ0) is 22.4. The van der Waals surface area contributed by atoms with Crippen molar-refractivity contribution in [2.45, 2.75) is 39.0 Å². The molecule has 0 bridgehead atoms. The molecular weight excluding hydrogens is 478 g/mol. The summed E-state index contributed by atoms with van der Waals surface area (Å²) in [4.78, 5) is 24.8. The van der Waals surface area contributed by atoms with Crippen molar-refractivity contribution in [3.05, 3.63) is 69.5 Å². The molecule has 1 heterocycles. The van der Waals surface area contributed by atoms with E-state index in [4.69, 9.17) is 0 Å². The number of nitrogens with zero attached hydrogens (tertiary/aromatic N) is 3. The maximum Gasteiger partial charge on any atom is 0.252 e. The van der Waals surface area contributed by atoms with Gasteiger partial charge in [-0.05, 0) is 60.5 Å². The van der Waals surface area contributed by atoms with Crippen molar-refractivity contribution >= 4 is 45.2 Å². The second kappa shape index (κ2) is 10.6. The lowest BCUT2D eigenvalue weighted by Crippen LogP contribution is -2.25. The van der Waals surface area contributed by atoms with Crippen molar-refractivity contribution in [1.29, 1.82) is 0 Å². The van der Waals surface area contributed by atoms with Gasteiger partial charge in [0.25, 0.3) is 5.91 Å². The first-order valence-corrected chi connectivity index (χ1v) is 11.6. The molecule has 0 aliphatic rings. The predicted molar refractivity (Wildman–Crippen MR) is 126 cm³/mol. The molecule has 0 saturated heterocycles. The molecule has 0 aliphatic carbocycles. The summed E-state index contributed by atoms with van der Waals surface area (Å²) in [7, 11) is 0. The number of aryl methyl sites for hydroxylation is 2. The van der Waals surface area contributed by atoms with Crippen molar-refractivity contribution in [2.75, 3.05) is 11.1 Å². The number of carbonyl (C=O) groups is 2. The van der Waals surface area contributed by atoms with Gasteiger partial charge in [0.2, 0.25) is 5.91 Å². The highest BCUT2D eigenvalue weighted by molar-refractivity contribution is 9.10. The summed E-state index contributed by atoms with van der Waals surface area (Å²) in [6.07, 6.45) is 0. The minimum Gasteiger partial charge on any atom is -0.345 e.